The van der Waals surface area contributed by atoms with Crippen molar-refractivity contribution in [3.63, 3.8) is 0 Å². The molecule has 0 bridgehead atoms. The van der Waals surface area contributed by atoms with Crippen LogP contribution in [-0.4, -0.2) is 16.8 Å². The first-order valence-electron chi connectivity index (χ1n) is 5.22. The van der Waals surface area contributed by atoms with Crippen LogP contribution in [-0.2, 0) is 5.75 Å². The van der Waals surface area contributed by atoms with E-state index in [1.54, 1.807) is 11.8 Å². The molecule has 4 nitrogen and oxygen atoms in total. The monoisotopic (exact) mass is 267 g/mol. The summed E-state index contributed by atoms with van der Waals surface area (Å²) in [5.41, 5.74) is 6.69. The van der Waals surface area contributed by atoms with Crippen LogP contribution in [0.25, 0.3) is 0 Å². The van der Waals surface area contributed by atoms with Crippen molar-refractivity contribution in [1.82, 2.24) is 10.2 Å². The second-order valence-corrected chi connectivity index (χ2v) is 5.47. The first-order valence-corrected chi connectivity index (χ1v) is 7.02. The third-order valence-corrected chi connectivity index (χ3v) is 3.98. The van der Waals surface area contributed by atoms with Gasteiger partial charge >= 0.3 is 0 Å². The molecule has 0 radical (unpaired) electrons. The van der Waals surface area contributed by atoms with Gasteiger partial charge in [0.1, 0.15) is 5.75 Å². The summed E-state index contributed by atoms with van der Waals surface area (Å²) in [5.74, 6) is 1.74. The minimum absolute atomic E-state index is 0.505. The Morgan fingerprint density at radius 3 is 2.88 bits per heavy atom. The summed E-state index contributed by atoms with van der Waals surface area (Å²) in [6, 6.07) is 8.02. The summed E-state index contributed by atoms with van der Waals surface area (Å²) in [6.07, 6.45) is 0. The molecule has 90 valence electrons. The molecular weight excluding hydrogens is 254 g/mol. The van der Waals surface area contributed by atoms with E-state index in [0.717, 1.165) is 21.4 Å². The van der Waals surface area contributed by atoms with E-state index in [4.69, 9.17) is 10.5 Å². The van der Waals surface area contributed by atoms with Crippen LogP contribution in [0.15, 0.2) is 28.6 Å². The molecule has 0 aliphatic carbocycles. The summed E-state index contributed by atoms with van der Waals surface area (Å²) < 4.78 is 6.44. The molecular formula is C11H13N3OS2. The maximum atomic E-state index is 5.56. The zero-order valence-corrected chi connectivity index (χ0v) is 11.1. The number of aromatic nitrogens is 2. The number of para-hydroxylation sites is 1. The molecule has 2 N–H and O–H groups in total. The molecule has 2 rings (SSSR count). The van der Waals surface area contributed by atoms with Gasteiger partial charge in [-0.2, -0.15) is 0 Å². The van der Waals surface area contributed by atoms with Crippen molar-refractivity contribution in [1.29, 1.82) is 0 Å². The Labute approximate surface area is 108 Å². The van der Waals surface area contributed by atoms with Gasteiger partial charge in [-0.05, 0) is 13.0 Å². The van der Waals surface area contributed by atoms with E-state index in [2.05, 4.69) is 16.3 Å². The molecule has 2 aromatic rings. The van der Waals surface area contributed by atoms with Crippen LogP contribution in [0.1, 0.15) is 12.5 Å². The van der Waals surface area contributed by atoms with Crippen LogP contribution >= 0.6 is 23.1 Å². The third kappa shape index (κ3) is 3.34. The quantitative estimate of drug-likeness (QED) is 0.844. The molecule has 0 spiro atoms. The molecule has 0 saturated carbocycles. The van der Waals surface area contributed by atoms with E-state index in [9.17, 15) is 0 Å². The van der Waals surface area contributed by atoms with Crippen LogP contribution in [0, 0.1) is 0 Å². The lowest BCUT2D eigenvalue weighted by atomic mass is 10.2. The Morgan fingerprint density at radius 1 is 1.35 bits per heavy atom. The zero-order chi connectivity index (χ0) is 12.1. The highest BCUT2D eigenvalue weighted by atomic mass is 32.2. The Kier molecular flexibility index (Phi) is 4.22. The standard InChI is InChI=1S/C11H13N3OS2/c1-2-15-9-6-4-3-5-8(9)7-16-11-14-13-10(12)17-11/h3-6H,2,7H2,1H3,(H2,12,13). The average molecular weight is 267 g/mol. The number of nitrogens with zero attached hydrogens (tertiary/aromatic N) is 2. The number of nitrogens with two attached hydrogens (primary N) is 1. The van der Waals surface area contributed by atoms with E-state index in [1.807, 2.05) is 25.1 Å². The highest BCUT2D eigenvalue weighted by Gasteiger charge is 2.06. The molecule has 0 saturated heterocycles. The van der Waals surface area contributed by atoms with Gasteiger partial charge in [-0.3, -0.25) is 0 Å². The summed E-state index contributed by atoms with van der Waals surface area (Å²) in [7, 11) is 0. The highest BCUT2D eigenvalue weighted by molar-refractivity contribution is 8.00. The molecule has 0 fully saturated rings. The SMILES string of the molecule is CCOc1ccccc1CSc1nnc(N)s1. The Balaban J connectivity index is 2.03. The van der Waals surface area contributed by atoms with Gasteiger partial charge in [0, 0.05) is 11.3 Å². The van der Waals surface area contributed by atoms with Crippen molar-refractivity contribution in [2.75, 3.05) is 12.3 Å². The van der Waals surface area contributed by atoms with Gasteiger partial charge in [0.15, 0.2) is 4.34 Å². The number of hydrogen-bond acceptors (Lipinski definition) is 6. The van der Waals surface area contributed by atoms with E-state index in [1.165, 1.54) is 11.3 Å². The van der Waals surface area contributed by atoms with Crippen LogP contribution < -0.4 is 10.5 Å². The van der Waals surface area contributed by atoms with Crippen molar-refractivity contribution >= 4 is 28.2 Å². The largest absolute Gasteiger partial charge is 0.494 e. The second kappa shape index (κ2) is 5.88. The fraction of sp³-hybridized carbons (Fsp3) is 0.273. The molecule has 0 aliphatic rings. The number of ether oxygens (including phenoxy) is 1. The molecule has 0 unspecified atom stereocenters. The average Bonchev–Trinajstić information content (AvgIpc) is 2.74. The molecule has 0 atom stereocenters. The van der Waals surface area contributed by atoms with Crippen LogP contribution in [0.3, 0.4) is 0 Å². The fourth-order valence-electron chi connectivity index (χ4n) is 1.34. The number of nitrogen functional groups attached to an aromatic ring is 1. The van der Waals surface area contributed by atoms with Gasteiger partial charge in [0.2, 0.25) is 5.13 Å². The number of anilines is 1. The van der Waals surface area contributed by atoms with Gasteiger partial charge in [0.05, 0.1) is 6.61 Å². The summed E-state index contributed by atoms with van der Waals surface area (Å²) in [6.45, 7) is 2.66. The summed E-state index contributed by atoms with van der Waals surface area (Å²) in [5, 5.41) is 8.26. The number of rotatable bonds is 5. The molecule has 0 amide bonds. The lowest BCUT2D eigenvalue weighted by molar-refractivity contribution is 0.337. The Bertz CT molecular complexity index is 487. The number of benzene rings is 1. The topological polar surface area (TPSA) is 61.0 Å². The van der Waals surface area contributed by atoms with Gasteiger partial charge in [-0.15, -0.1) is 10.2 Å². The first kappa shape index (κ1) is 12.2. The Hall–Kier alpha value is -1.27. The predicted octanol–water partition coefficient (Wildman–Crippen LogP) is 2.81. The zero-order valence-electron chi connectivity index (χ0n) is 9.42. The lowest BCUT2D eigenvalue weighted by Crippen LogP contribution is -1.95. The normalized spacial score (nSPS) is 10.4. The van der Waals surface area contributed by atoms with E-state index >= 15 is 0 Å². The highest BCUT2D eigenvalue weighted by Crippen LogP contribution is 2.30. The number of thioether (sulfide) groups is 1. The minimum atomic E-state index is 0.505. The van der Waals surface area contributed by atoms with E-state index in [-0.39, 0.29) is 0 Å². The van der Waals surface area contributed by atoms with Crippen molar-refractivity contribution in [3.05, 3.63) is 29.8 Å². The van der Waals surface area contributed by atoms with E-state index < -0.39 is 0 Å². The molecule has 1 aromatic heterocycles. The Morgan fingerprint density at radius 2 is 2.18 bits per heavy atom. The van der Waals surface area contributed by atoms with E-state index in [0.29, 0.717) is 11.7 Å². The molecule has 6 heteroatoms. The van der Waals surface area contributed by atoms with Crippen LogP contribution in [0.4, 0.5) is 5.13 Å². The van der Waals surface area contributed by atoms with Crippen molar-refractivity contribution in [2.24, 2.45) is 0 Å². The van der Waals surface area contributed by atoms with Crippen LogP contribution in [0.2, 0.25) is 0 Å². The maximum Gasteiger partial charge on any atom is 0.203 e. The summed E-state index contributed by atoms with van der Waals surface area (Å²) >= 11 is 3.02. The smallest absolute Gasteiger partial charge is 0.203 e. The minimum Gasteiger partial charge on any atom is -0.494 e. The van der Waals surface area contributed by atoms with Gasteiger partial charge in [0.25, 0.3) is 0 Å². The van der Waals surface area contributed by atoms with Crippen molar-refractivity contribution in [3.8, 4) is 5.75 Å². The van der Waals surface area contributed by atoms with Gasteiger partial charge < -0.3 is 10.5 Å². The van der Waals surface area contributed by atoms with Crippen LogP contribution in [0.5, 0.6) is 5.75 Å². The first-order chi connectivity index (χ1) is 8.29. The third-order valence-electron chi connectivity index (χ3n) is 2.05. The predicted molar refractivity (Wildman–Crippen MR) is 71.5 cm³/mol. The fourth-order valence-corrected chi connectivity index (χ4v) is 2.96. The van der Waals surface area contributed by atoms with Gasteiger partial charge in [-0.25, -0.2) is 0 Å². The van der Waals surface area contributed by atoms with Crippen molar-refractivity contribution < 1.29 is 4.74 Å². The summed E-state index contributed by atoms with van der Waals surface area (Å²) in [4.78, 5) is 0. The lowest BCUT2D eigenvalue weighted by Gasteiger charge is -2.08. The molecule has 1 aromatic carbocycles. The maximum absolute atomic E-state index is 5.56. The molecule has 1 heterocycles. The molecule has 17 heavy (non-hydrogen) atoms. The molecule has 0 aliphatic heterocycles. The van der Waals surface area contributed by atoms with Gasteiger partial charge in [-0.1, -0.05) is 41.3 Å². The number of hydrogen-bond donors (Lipinski definition) is 1. The van der Waals surface area contributed by atoms with Crippen molar-refractivity contribution in [2.45, 2.75) is 17.0 Å². The second-order valence-electron chi connectivity index (χ2n) is 3.24.